The summed E-state index contributed by atoms with van der Waals surface area (Å²) in [6, 6.07) is 0. The van der Waals surface area contributed by atoms with Crippen LogP contribution in [0.4, 0.5) is 0 Å². The van der Waals surface area contributed by atoms with E-state index in [9.17, 15) is 43.2 Å². The van der Waals surface area contributed by atoms with E-state index in [1.165, 1.54) is 257 Å². The lowest BCUT2D eigenvalue weighted by atomic mass is 9.99. The van der Waals surface area contributed by atoms with E-state index in [-0.39, 0.29) is 25.7 Å². The van der Waals surface area contributed by atoms with Gasteiger partial charge in [-0.2, -0.15) is 0 Å². The third-order valence-electron chi connectivity index (χ3n) is 20.6. The summed E-state index contributed by atoms with van der Waals surface area (Å²) in [4.78, 5) is 73.2. The fourth-order valence-electron chi connectivity index (χ4n) is 13.1. The lowest BCUT2D eigenvalue weighted by Gasteiger charge is -2.21. The zero-order valence-electron chi connectivity index (χ0n) is 68.5. The van der Waals surface area contributed by atoms with Gasteiger partial charge in [-0.1, -0.05) is 395 Å². The molecule has 0 saturated heterocycles. The largest absolute Gasteiger partial charge is 0.472 e. The van der Waals surface area contributed by atoms with Crippen LogP contribution >= 0.6 is 15.6 Å². The number of hydrogen-bond acceptors (Lipinski definition) is 15. The molecule has 0 rings (SSSR count). The van der Waals surface area contributed by atoms with Crippen LogP contribution in [0.1, 0.15) is 447 Å². The van der Waals surface area contributed by atoms with Gasteiger partial charge in [0.15, 0.2) is 12.2 Å². The predicted molar refractivity (Wildman–Crippen MR) is 428 cm³/mol. The van der Waals surface area contributed by atoms with E-state index in [1.807, 2.05) is 0 Å². The van der Waals surface area contributed by atoms with Crippen LogP contribution < -0.4 is 0 Å². The summed E-state index contributed by atoms with van der Waals surface area (Å²) in [6.45, 7) is 12.1. The van der Waals surface area contributed by atoms with E-state index in [1.54, 1.807) is 0 Å². The summed E-state index contributed by atoms with van der Waals surface area (Å²) < 4.78 is 68.9. The Labute approximate surface area is 638 Å². The highest BCUT2D eigenvalue weighted by Gasteiger charge is 2.30. The van der Waals surface area contributed by atoms with Crippen molar-refractivity contribution < 1.29 is 80.2 Å². The summed E-state index contributed by atoms with van der Waals surface area (Å²) in [5, 5.41) is 10.7. The fraction of sp³-hybridized carbons (Fsp3) is 0.953. The second-order valence-electron chi connectivity index (χ2n) is 31.5. The Kier molecular flexibility index (Phi) is 73.7. The lowest BCUT2D eigenvalue weighted by Crippen LogP contribution is -2.30. The Bertz CT molecular complexity index is 2010. The maximum atomic E-state index is 13.1. The van der Waals surface area contributed by atoms with Gasteiger partial charge in [-0.3, -0.25) is 37.3 Å². The van der Waals surface area contributed by atoms with E-state index in [4.69, 9.17) is 37.0 Å². The zero-order valence-corrected chi connectivity index (χ0v) is 70.3. The van der Waals surface area contributed by atoms with Gasteiger partial charge in [0.05, 0.1) is 26.4 Å². The van der Waals surface area contributed by atoms with Crippen molar-refractivity contribution in [3.63, 3.8) is 0 Å². The summed E-state index contributed by atoms with van der Waals surface area (Å²) in [7, 11) is -9.93. The maximum Gasteiger partial charge on any atom is 0.472 e. The van der Waals surface area contributed by atoms with Crippen LogP contribution in [0.15, 0.2) is 0 Å². The number of aliphatic hydroxyl groups is 1. The van der Waals surface area contributed by atoms with Crippen molar-refractivity contribution in [3.05, 3.63) is 0 Å². The first-order valence-electron chi connectivity index (χ1n) is 43.9. The monoisotopic (exact) mass is 1520 g/mol. The summed E-state index contributed by atoms with van der Waals surface area (Å²) >= 11 is 0. The molecule has 19 heteroatoms. The Morgan fingerprint density at radius 3 is 0.731 bits per heavy atom. The Hall–Kier alpha value is -1.94. The van der Waals surface area contributed by atoms with Crippen molar-refractivity contribution >= 4 is 39.5 Å². The molecule has 0 saturated carbocycles. The van der Waals surface area contributed by atoms with Crippen molar-refractivity contribution in [1.82, 2.24) is 0 Å². The molecule has 4 unspecified atom stereocenters. The van der Waals surface area contributed by atoms with Gasteiger partial charge in [0, 0.05) is 25.7 Å². The predicted octanol–water partition coefficient (Wildman–Crippen LogP) is 25.7. The minimum Gasteiger partial charge on any atom is -0.462 e. The third-order valence-corrected chi connectivity index (χ3v) is 22.5. The Balaban J connectivity index is 5.27. The number of esters is 4. The molecule has 0 spiro atoms. The molecular weight excluding hydrogens is 1350 g/mol. The third kappa shape index (κ3) is 75.5. The average Bonchev–Trinajstić information content (AvgIpc) is 0.919. The number of ether oxygens (including phenoxy) is 4. The zero-order chi connectivity index (χ0) is 76.5. The molecule has 3 N–H and O–H groups in total. The van der Waals surface area contributed by atoms with Crippen LogP contribution in [-0.4, -0.2) is 96.7 Å². The van der Waals surface area contributed by atoms with E-state index in [0.717, 1.165) is 108 Å². The SMILES string of the molecule is CCCCCCCCCCCCCCCC(=O)OC[C@H](COP(=O)(O)OC[C@H](O)COP(=O)(O)OC[C@@H](COC(=O)CCCCCCCCCCCCCCCCC(C)CC)OC(=O)CCCCCCCCCCCCCCCCCCC(C)C)OC(=O)CCCCCCCCCCCCC(C)CC. The van der Waals surface area contributed by atoms with Gasteiger partial charge in [0.2, 0.25) is 0 Å². The summed E-state index contributed by atoms with van der Waals surface area (Å²) in [5.41, 5.74) is 0. The van der Waals surface area contributed by atoms with Gasteiger partial charge in [0.25, 0.3) is 0 Å². The fourth-order valence-corrected chi connectivity index (χ4v) is 14.7. The molecule has 0 aliphatic rings. The molecule has 0 heterocycles. The van der Waals surface area contributed by atoms with Crippen LogP contribution in [-0.2, 0) is 65.4 Å². The number of aliphatic hydroxyl groups excluding tert-OH is 1. The highest BCUT2D eigenvalue weighted by molar-refractivity contribution is 7.47. The second kappa shape index (κ2) is 75.1. The van der Waals surface area contributed by atoms with E-state index in [2.05, 4.69) is 48.5 Å². The standard InChI is InChI=1S/C85H166O17P2/c1-8-11-12-13-14-15-16-23-30-38-45-52-59-66-82(87)95-73-81(102-85(90)69-62-55-48-41-34-33-37-44-51-58-65-78(7)10-3)75-100-104(93,94)98-71-79(86)70-97-103(91,92)99-74-80(72-96-83(88)67-60-53-46-39-31-26-22-21-25-29-36-43-50-57-64-77(6)9-2)101-84(89)68-61-54-47-40-32-27-20-18-17-19-24-28-35-42-49-56-63-76(4)5/h76-81,86H,8-75H2,1-7H3,(H,91,92)(H,93,94)/t77?,78?,79-,80-,81-/m1/s1. The van der Waals surface area contributed by atoms with Gasteiger partial charge in [-0.25, -0.2) is 9.13 Å². The molecule has 0 bridgehead atoms. The number of carbonyl (C=O) groups is 4. The second-order valence-corrected chi connectivity index (χ2v) is 34.4. The Morgan fingerprint density at radius 2 is 0.490 bits per heavy atom. The summed E-state index contributed by atoms with van der Waals surface area (Å²) in [6.07, 6.45) is 65.0. The number of rotatable bonds is 83. The molecule has 17 nitrogen and oxygen atoms in total. The van der Waals surface area contributed by atoms with Gasteiger partial charge in [-0.05, 0) is 43.4 Å². The van der Waals surface area contributed by atoms with E-state index < -0.39 is 97.5 Å². The highest BCUT2D eigenvalue weighted by Crippen LogP contribution is 2.45. The first-order chi connectivity index (χ1) is 50.3. The number of hydrogen-bond donors (Lipinski definition) is 3. The van der Waals surface area contributed by atoms with Crippen molar-refractivity contribution in [3.8, 4) is 0 Å². The smallest absolute Gasteiger partial charge is 0.462 e. The minimum atomic E-state index is -4.97. The van der Waals surface area contributed by atoms with Crippen LogP contribution in [0.25, 0.3) is 0 Å². The van der Waals surface area contributed by atoms with E-state index in [0.29, 0.717) is 25.7 Å². The normalized spacial score (nSPS) is 14.4. The van der Waals surface area contributed by atoms with Gasteiger partial charge >= 0.3 is 39.5 Å². The van der Waals surface area contributed by atoms with Crippen LogP contribution in [0.3, 0.4) is 0 Å². The van der Waals surface area contributed by atoms with Crippen molar-refractivity contribution in [2.24, 2.45) is 17.8 Å². The minimum absolute atomic E-state index is 0.107. The number of phosphoric acid groups is 2. The molecule has 0 aromatic heterocycles. The number of unbranched alkanes of at least 4 members (excludes halogenated alkanes) is 49. The molecular formula is C85H166O17P2. The van der Waals surface area contributed by atoms with Crippen LogP contribution in [0.2, 0.25) is 0 Å². The molecule has 0 aromatic carbocycles. The molecule has 0 aliphatic heterocycles. The maximum absolute atomic E-state index is 13.1. The molecule has 104 heavy (non-hydrogen) atoms. The molecule has 618 valence electrons. The van der Waals surface area contributed by atoms with Crippen LogP contribution in [0.5, 0.6) is 0 Å². The quantitative estimate of drug-likeness (QED) is 0.0222. The van der Waals surface area contributed by atoms with E-state index >= 15 is 0 Å². The molecule has 0 fully saturated rings. The number of phosphoric ester groups is 2. The molecule has 0 amide bonds. The number of carbonyl (C=O) groups excluding carboxylic acids is 4. The average molecular weight is 1520 g/mol. The van der Waals surface area contributed by atoms with Crippen molar-refractivity contribution in [2.45, 2.75) is 465 Å². The van der Waals surface area contributed by atoms with Gasteiger partial charge in [0.1, 0.15) is 19.3 Å². The molecule has 0 radical (unpaired) electrons. The Morgan fingerprint density at radius 1 is 0.279 bits per heavy atom. The molecule has 7 atom stereocenters. The van der Waals surface area contributed by atoms with Crippen LogP contribution in [0, 0.1) is 17.8 Å². The van der Waals surface area contributed by atoms with Gasteiger partial charge < -0.3 is 33.8 Å². The molecule has 0 aromatic rings. The topological polar surface area (TPSA) is 237 Å². The first kappa shape index (κ1) is 102. The summed E-state index contributed by atoms with van der Waals surface area (Å²) in [5.74, 6) is 0.359. The van der Waals surface area contributed by atoms with Gasteiger partial charge in [-0.15, -0.1) is 0 Å². The highest BCUT2D eigenvalue weighted by atomic mass is 31.2. The first-order valence-corrected chi connectivity index (χ1v) is 46.9. The van der Waals surface area contributed by atoms with Crippen molar-refractivity contribution in [2.75, 3.05) is 39.6 Å². The van der Waals surface area contributed by atoms with Crippen molar-refractivity contribution in [1.29, 1.82) is 0 Å². The molecule has 0 aliphatic carbocycles. The lowest BCUT2D eigenvalue weighted by molar-refractivity contribution is -0.161.